The van der Waals surface area contributed by atoms with E-state index < -0.39 is 0 Å². The van der Waals surface area contributed by atoms with Crippen LogP contribution in [0, 0.1) is 17.8 Å². The zero-order valence-corrected chi connectivity index (χ0v) is 11.3. The maximum atomic E-state index is 9.37. The van der Waals surface area contributed by atoms with Crippen molar-refractivity contribution in [2.24, 2.45) is 23.5 Å². The van der Waals surface area contributed by atoms with E-state index in [4.69, 9.17) is 5.73 Å². The number of aliphatic hydroxyl groups excluding tert-OH is 1. The molecule has 0 aromatic heterocycles. The molecule has 0 aromatic rings. The lowest BCUT2D eigenvalue weighted by molar-refractivity contribution is 0.0548. The molecule has 2 rings (SSSR count). The SMILES string of the molecule is CC(C)C1CC(CN)(NC2CCCC2CO)C1. The minimum absolute atomic E-state index is 0.178. The average Bonchev–Trinajstić information content (AvgIpc) is 2.69. The number of aliphatic hydroxyl groups is 1. The Balaban J connectivity index is 1.88. The van der Waals surface area contributed by atoms with Crippen molar-refractivity contribution in [2.45, 2.75) is 57.5 Å². The van der Waals surface area contributed by atoms with Crippen LogP contribution in [0.25, 0.3) is 0 Å². The van der Waals surface area contributed by atoms with Gasteiger partial charge in [-0.3, -0.25) is 0 Å². The summed E-state index contributed by atoms with van der Waals surface area (Å²) in [5, 5.41) is 13.1. The third kappa shape index (κ3) is 2.67. The summed E-state index contributed by atoms with van der Waals surface area (Å²) in [7, 11) is 0. The Bertz CT molecular complexity index is 249. The summed E-state index contributed by atoms with van der Waals surface area (Å²) in [6, 6.07) is 0.497. The molecule has 2 aliphatic rings. The van der Waals surface area contributed by atoms with Gasteiger partial charge in [0.2, 0.25) is 0 Å². The molecular formula is C14H28N2O. The molecule has 2 unspecified atom stereocenters. The normalized spacial score (nSPS) is 41.8. The number of hydrogen-bond donors (Lipinski definition) is 3. The fourth-order valence-electron chi connectivity index (χ4n) is 3.60. The van der Waals surface area contributed by atoms with Gasteiger partial charge in [0.1, 0.15) is 0 Å². The maximum absolute atomic E-state index is 9.37. The zero-order chi connectivity index (χ0) is 12.5. The zero-order valence-electron chi connectivity index (χ0n) is 11.3. The topological polar surface area (TPSA) is 58.3 Å². The van der Waals surface area contributed by atoms with Gasteiger partial charge < -0.3 is 16.2 Å². The molecule has 0 spiro atoms. The summed E-state index contributed by atoms with van der Waals surface area (Å²) < 4.78 is 0. The molecule has 2 aliphatic carbocycles. The molecule has 17 heavy (non-hydrogen) atoms. The molecule has 0 bridgehead atoms. The largest absolute Gasteiger partial charge is 0.396 e. The highest BCUT2D eigenvalue weighted by molar-refractivity contribution is 5.05. The second kappa shape index (κ2) is 5.25. The fraction of sp³-hybridized carbons (Fsp3) is 1.00. The summed E-state index contributed by atoms with van der Waals surface area (Å²) in [6.07, 6.45) is 6.06. The van der Waals surface area contributed by atoms with Crippen LogP contribution in [-0.4, -0.2) is 29.8 Å². The predicted octanol–water partition coefficient (Wildman–Crippen LogP) is 1.50. The molecule has 3 nitrogen and oxygen atoms in total. The van der Waals surface area contributed by atoms with E-state index in [1.807, 2.05) is 0 Å². The van der Waals surface area contributed by atoms with Crippen LogP contribution in [0.3, 0.4) is 0 Å². The maximum Gasteiger partial charge on any atom is 0.0474 e. The highest BCUT2D eigenvalue weighted by Crippen LogP contribution is 2.43. The smallest absolute Gasteiger partial charge is 0.0474 e. The molecule has 2 fully saturated rings. The molecule has 3 heteroatoms. The minimum atomic E-state index is 0.178. The van der Waals surface area contributed by atoms with Crippen LogP contribution in [0.5, 0.6) is 0 Å². The van der Waals surface area contributed by atoms with Crippen LogP contribution < -0.4 is 11.1 Å². The first-order chi connectivity index (χ1) is 8.10. The quantitative estimate of drug-likeness (QED) is 0.682. The van der Waals surface area contributed by atoms with E-state index >= 15 is 0 Å². The van der Waals surface area contributed by atoms with Crippen molar-refractivity contribution in [1.82, 2.24) is 5.32 Å². The number of nitrogens with two attached hydrogens (primary N) is 1. The van der Waals surface area contributed by atoms with E-state index in [0.29, 0.717) is 18.6 Å². The molecule has 100 valence electrons. The van der Waals surface area contributed by atoms with Crippen LogP contribution in [-0.2, 0) is 0 Å². The number of nitrogens with one attached hydrogen (secondary N) is 1. The summed E-state index contributed by atoms with van der Waals surface area (Å²) in [5.74, 6) is 2.06. The molecule has 0 aromatic carbocycles. The van der Waals surface area contributed by atoms with Gasteiger partial charge >= 0.3 is 0 Å². The molecule has 0 heterocycles. The second-order valence-corrected chi connectivity index (χ2v) is 6.52. The van der Waals surface area contributed by atoms with Gasteiger partial charge in [-0.2, -0.15) is 0 Å². The summed E-state index contributed by atoms with van der Waals surface area (Å²) in [6.45, 7) is 5.67. The van der Waals surface area contributed by atoms with E-state index in [2.05, 4.69) is 19.2 Å². The molecular weight excluding hydrogens is 212 g/mol. The molecule has 2 atom stereocenters. The third-order valence-corrected chi connectivity index (χ3v) is 5.02. The Hall–Kier alpha value is -0.120. The highest BCUT2D eigenvalue weighted by Gasteiger charge is 2.46. The monoisotopic (exact) mass is 240 g/mol. The van der Waals surface area contributed by atoms with Gasteiger partial charge in [-0.05, 0) is 43.4 Å². The third-order valence-electron chi connectivity index (χ3n) is 5.02. The lowest BCUT2D eigenvalue weighted by Gasteiger charge is -2.51. The Kier molecular flexibility index (Phi) is 4.11. The van der Waals surface area contributed by atoms with Crippen molar-refractivity contribution in [3.05, 3.63) is 0 Å². The average molecular weight is 240 g/mol. The van der Waals surface area contributed by atoms with Crippen LogP contribution in [0.15, 0.2) is 0 Å². The first-order valence-corrected chi connectivity index (χ1v) is 7.19. The molecule has 0 radical (unpaired) electrons. The van der Waals surface area contributed by atoms with Gasteiger partial charge in [-0.1, -0.05) is 20.3 Å². The van der Waals surface area contributed by atoms with Gasteiger partial charge in [0.25, 0.3) is 0 Å². The lowest BCUT2D eigenvalue weighted by Crippen LogP contribution is -2.64. The summed E-state index contributed by atoms with van der Waals surface area (Å²) in [4.78, 5) is 0. The Morgan fingerprint density at radius 3 is 2.59 bits per heavy atom. The fourth-order valence-corrected chi connectivity index (χ4v) is 3.60. The van der Waals surface area contributed by atoms with Crippen molar-refractivity contribution >= 4 is 0 Å². The van der Waals surface area contributed by atoms with Crippen molar-refractivity contribution in [1.29, 1.82) is 0 Å². The van der Waals surface area contributed by atoms with Gasteiger partial charge in [0.05, 0.1) is 0 Å². The number of hydrogen-bond acceptors (Lipinski definition) is 3. The Labute approximate surface area is 105 Å². The summed E-state index contributed by atoms with van der Waals surface area (Å²) in [5.41, 5.74) is 6.15. The Morgan fingerprint density at radius 1 is 1.35 bits per heavy atom. The van der Waals surface area contributed by atoms with Gasteiger partial charge in [-0.25, -0.2) is 0 Å². The standard InChI is InChI=1S/C14H28N2O/c1-10(2)12-6-14(7-12,9-15)16-13-5-3-4-11(13)8-17/h10-13,16-17H,3-9,15H2,1-2H3. The van der Waals surface area contributed by atoms with Crippen LogP contribution >= 0.6 is 0 Å². The first-order valence-electron chi connectivity index (χ1n) is 7.19. The summed E-state index contributed by atoms with van der Waals surface area (Å²) >= 11 is 0. The first kappa shape index (κ1) is 13.3. The van der Waals surface area contributed by atoms with E-state index in [0.717, 1.165) is 18.4 Å². The van der Waals surface area contributed by atoms with E-state index in [9.17, 15) is 5.11 Å². The van der Waals surface area contributed by atoms with Crippen molar-refractivity contribution in [3.8, 4) is 0 Å². The van der Waals surface area contributed by atoms with Crippen LogP contribution in [0.1, 0.15) is 46.0 Å². The highest BCUT2D eigenvalue weighted by atomic mass is 16.3. The molecule has 0 aliphatic heterocycles. The van der Waals surface area contributed by atoms with E-state index in [1.54, 1.807) is 0 Å². The molecule has 2 saturated carbocycles. The predicted molar refractivity (Wildman–Crippen MR) is 70.7 cm³/mol. The van der Waals surface area contributed by atoms with Gasteiger partial charge in [0, 0.05) is 24.7 Å². The molecule has 0 amide bonds. The van der Waals surface area contributed by atoms with E-state index in [-0.39, 0.29) is 5.54 Å². The number of rotatable bonds is 5. The van der Waals surface area contributed by atoms with E-state index in [1.165, 1.54) is 32.1 Å². The van der Waals surface area contributed by atoms with Crippen molar-refractivity contribution in [3.63, 3.8) is 0 Å². The molecule has 0 saturated heterocycles. The second-order valence-electron chi connectivity index (χ2n) is 6.52. The van der Waals surface area contributed by atoms with Crippen LogP contribution in [0.2, 0.25) is 0 Å². The van der Waals surface area contributed by atoms with Crippen molar-refractivity contribution < 1.29 is 5.11 Å². The van der Waals surface area contributed by atoms with Gasteiger partial charge in [-0.15, -0.1) is 0 Å². The van der Waals surface area contributed by atoms with Crippen LogP contribution in [0.4, 0.5) is 0 Å². The van der Waals surface area contributed by atoms with Crippen molar-refractivity contribution in [2.75, 3.05) is 13.2 Å². The van der Waals surface area contributed by atoms with Gasteiger partial charge in [0.15, 0.2) is 0 Å². The minimum Gasteiger partial charge on any atom is -0.396 e. The lowest BCUT2D eigenvalue weighted by atomic mass is 9.63. The Morgan fingerprint density at radius 2 is 2.06 bits per heavy atom. The molecule has 4 N–H and O–H groups in total.